The molecule has 0 bridgehead atoms. The number of hydrogen-bond acceptors (Lipinski definition) is 5. The van der Waals surface area contributed by atoms with Crippen molar-refractivity contribution in [1.29, 1.82) is 0 Å². The molecule has 3 atom stereocenters. The molecule has 2 unspecified atom stereocenters. The summed E-state index contributed by atoms with van der Waals surface area (Å²) >= 11 is 0. The van der Waals surface area contributed by atoms with Gasteiger partial charge in [-0.05, 0) is 97.3 Å². The van der Waals surface area contributed by atoms with E-state index in [1.807, 2.05) is 65.6 Å². The molecular formula is C38H41FN2O4. The number of hydrogen-bond donors (Lipinski definition) is 1. The zero-order chi connectivity index (χ0) is 31.2. The maximum absolute atomic E-state index is 13.9. The van der Waals surface area contributed by atoms with Gasteiger partial charge in [0.2, 0.25) is 0 Å². The lowest BCUT2D eigenvalue weighted by Crippen LogP contribution is -2.40. The van der Waals surface area contributed by atoms with Gasteiger partial charge in [0.15, 0.2) is 0 Å². The number of halogens is 1. The highest BCUT2D eigenvalue weighted by molar-refractivity contribution is 6.07. The Morgan fingerprint density at radius 3 is 2.36 bits per heavy atom. The number of esters is 1. The molecule has 2 heterocycles. The maximum Gasteiger partial charge on any atom is 0.338 e. The predicted octanol–water partition coefficient (Wildman–Crippen LogP) is 6.54. The van der Waals surface area contributed by atoms with E-state index in [1.54, 1.807) is 24.3 Å². The van der Waals surface area contributed by atoms with Crippen molar-refractivity contribution in [3.8, 4) is 0 Å². The largest absolute Gasteiger partial charge is 0.462 e. The van der Waals surface area contributed by atoms with Crippen LogP contribution in [0.3, 0.4) is 0 Å². The van der Waals surface area contributed by atoms with Crippen LogP contribution in [0.4, 0.5) is 4.39 Å². The van der Waals surface area contributed by atoms with Gasteiger partial charge >= 0.3 is 5.97 Å². The first kappa shape index (κ1) is 30.9. The number of likely N-dealkylation sites (tertiary alicyclic amines) is 2. The van der Waals surface area contributed by atoms with E-state index < -0.39 is 6.10 Å². The molecule has 234 valence electrons. The van der Waals surface area contributed by atoms with Gasteiger partial charge in [0.05, 0.1) is 18.3 Å². The highest BCUT2D eigenvalue weighted by Gasteiger charge is 2.40. The van der Waals surface area contributed by atoms with Crippen molar-refractivity contribution in [1.82, 2.24) is 9.80 Å². The molecule has 2 aliphatic rings. The Morgan fingerprint density at radius 1 is 0.867 bits per heavy atom. The zero-order valence-corrected chi connectivity index (χ0v) is 25.6. The van der Waals surface area contributed by atoms with E-state index >= 15 is 0 Å². The highest BCUT2D eigenvalue weighted by Crippen LogP contribution is 2.34. The molecule has 0 spiro atoms. The van der Waals surface area contributed by atoms with Crippen molar-refractivity contribution >= 4 is 22.6 Å². The molecule has 0 saturated carbocycles. The zero-order valence-electron chi connectivity index (χ0n) is 25.6. The van der Waals surface area contributed by atoms with Gasteiger partial charge in [-0.1, -0.05) is 66.7 Å². The number of ether oxygens (including phenoxy) is 1. The van der Waals surface area contributed by atoms with Crippen LogP contribution in [0.5, 0.6) is 0 Å². The second-order valence-electron chi connectivity index (χ2n) is 12.5. The summed E-state index contributed by atoms with van der Waals surface area (Å²) in [4.78, 5) is 30.6. The Kier molecular flexibility index (Phi) is 9.87. The van der Waals surface area contributed by atoms with Crippen LogP contribution in [0.2, 0.25) is 0 Å². The molecule has 1 amide bonds. The highest BCUT2D eigenvalue weighted by atomic mass is 19.1. The monoisotopic (exact) mass is 608 g/mol. The Balaban J connectivity index is 1.10. The van der Waals surface area contributed by atoms with Crippen LogP contribution in [0.25, 0.3) is 10.8 Å². The van der Waals surface area contributed by atoms with E-state index in [1.165, 1.54) is 17.7 Å². The lowest BCUT2D eigenvalue weighted by molar-refractivity contribution is 0.0405. The van der Waals surface area contributed by atoms with E-state index in [9.17, 15) is 19.1 Å². The second-order valence-corrected chi connectivity index (χ2v) is 12.5. The van der Waals surface area contributed by atoms with Gasteiger partial charge in [-0.15, -0.1) is 0 Å². The number of aliphatic hydroxyl groups excluding tert-OH is 1. The Labute approximate surface area is 264 Å². The quantitative estimate of drug-likeness (QED) is 0.164. The molecule has 6 rings (SSSR count). The molecule has 2 fully saturated rings. The summed E-state index contributed by atoms with van der Waals surface area (Å²) in [6.07, 6.45) is 2.41. The number of fused-ring (bicyclic) bond motifs is 1. The lowest BCUT2D eigenvalue weighted by Gasteiger charge is -2.35. The molecule has 0 aliphatic carbocycles. The normalized spacial score (nSPS) is 19.9. The molecule has 4 aromatic carbocycles. The average molecular weight is 609 g/mol. The summed E-state index contributed by atoms with van der Waals surface area (Å²) in [5.41, 5.74) is 2.39. The Morgan fingerprint density at radius 2 is 1.58 bits per heavy atom. The summed E-state index contributed by atoms with van der Waals surface area (Å²) in [6.45, 7) is 3.97. The molecule has 2 aliphatic heterocycles. The van der Waals surface area contributed by atoms with E-state index in [4.69, 9.17) is 4.74 Å². The van der Waals surface area contributed by atoms with E-state index in [0.717, 1.165) is 43.2 Å². The fourth-order valence-corrected chi connectivity index (χ4v) is 7.12. The van der Waals surface area contributed by atoms with Crippen LogP contribution in [-0.4, -0.2) is 72.2 Å². The number of aliphatic hydroxyl groups is 1. The number of carbonyl (C=O) groups excluding carboxylic acids is 2. The minimum atomic E-state index is -0.618. The topological polar surface area (TPSA) is 70.1 Å². The number of benzene rings is 4. The standard InChI is InChI=1S/C38H41FN2O4/c39-32-17-15-27(16-18-32)28-19-21-40(22-20-28)24-31-25-41(37(43)34-13-6-11-29-8-4-5-12-33(29)34)26-35(31)36(42)14-7-23-45-38(44)30-9-2-1-3-10-30/h1-6,8-13,15-18,28,31,35-36,42H,7,14,19-26H2/t31?,35-,36?/m1/s1. The van der Waals surface area contributed by atoms with Crippen LogP contribution >= 0.6 is 0 Å². The van der Waals surface area contributed by atoms with Crippen LogP contribution in [0.1, 0.15) is 57.9 Å². The fourth-order valence-electron chi connectivity index (χ4n) is 7.12. The number of piperidine rings is 1. The predicted molar refractivity (Wildman–Crippen MR) is 174 cm³/mol. The molecule has 7 heteroatoms. The fraction of sp³-hybridized carbons (Fsp3) is 0.368. The van der Waals surface area contributed by atoms with Gasteiger partial charge in [0.1, 0.15) is 5.82 Å². The van der Waals surface area contributed by atoms with Crippen molar-refractivity contribution in [3.05, 3.63) is 120 Å². The number of rotatable bonds is 10. The summed E-state index contributed by atoms with van der Waals surface area (Å²) in [7, 11) is 0. The van der Waals surface area contributed by atoms with Crippen LogP contribution < -0.4 is 0 Å². The number of carbonyl (C=O) groups is 2. The lowest BCUT2D eigenvalue weighted by atomic mass is 9.86. The molecular weight excluding hydrogens is 567 g/mol. The summed E-state index contributed by atoms with van der Waals surface area (Å²) in [5, 5.41) is 13.4. The van der Waals surface area contributed by atoms with Crippen molar-refractivity contribution in [2.45, 2.75) is 37.7 Å². The van der Waals surface area contributed by atoms with E-state index in [0.29, 0.717) is 43.0 Å². The molecule has 0 radical (unpaired) electrons. The summed E-state index contributed by atoms with van der Waals surface area (Å²) < 4.78 is 18.9. The maximum atomic E-state index is 13.9. The minimum absolute atomic E-state index is 0.00157. The van der Waals surface area contributed by atoms with Gasteiger partial charge in [-0.25, -0.2) is 9.18 Å². The molecule has 2 saturated heterocycles. The molecule has 45 heavy (non-hydrogen) atoms. The summed E-state index contributed by atoms with van der Waals surface area (Å²) in [6, 6.07) is 29.6. The van der Waals surface area contributed by atoms with E-state index in [-0.39, 0.29) is 36.1 Å². The van der Waals surface area contributed by atoms with Crippen molar-refractivity contribution in [2.75, 3.05) is 39.3 Å². The number of nitrogens with zero attached hydrogens (tertiary/aromatic N) is 2. The Bertz CT molecular complexity index is 1580. The van der Waals surface area contributed by atoms with E-state index in [2.05, 4.69) is 4.90 Å². The van der Waals surface area contributed by atoms with Crippen molar-refractivity contribution in [2.24, 2.45) is 11.8 Å². The first-order valence-corrected chi connectivity index (χ1v) is 16.1. The van der Waals surface area contributed by atoms with Crippen LogP contribution in [0.15, 0.2) is 97.1 Å². The summed E-state index contributed by atoms with van der Waals surface area (Å²) in [5.74, 6) is -0.122. The third-order valence-electron chi connectivity index (χ3n) is 9.60. The molecule has 0 aromatic heterocycles. The second kappa shape index (κ2) is 14.4. The van der Waals surface area contributed by atoms with Gasteiger partial charge < -0.3 is 19.6 Å². The van der Waals surface area contributed by atoms with Crippen molar-refractivity contribution in [3.63, 3.8) is 0 Å². The van der Waals surface area contributed by atoms with Crippen molar-refractivity contribution < 1.29 is 23.8 Å². The van der Waals surface area contributed by atoms with Crippen LogP contribution in [0, 0.1) is 17.7 Å². The third kappa shape index (κ3) is 7.43. The Hall–Kier alpha value is -4.07. The van der Waals surface area contributed by atoms with Gasteiger partial charge in [0, 0.05) is 31.1 Å². The van der Waals surface area contributed by atoms with Crippen LogP contribution in [-0.2, 0) is 4.74 Å². The smallest absolute Gasteiger partial charge is 0.338 e. The number of amides is 1. The van der Waals surface area contributed by atoms with Gasteiger partial charge in [-0.2, -0.15) is 0 Å². The average Bonchev–Trinajstić information content (AvgIpc) is 3.51. The third-order valence-corrected chi connectivity index (χ3v) is 9.60. The first-order chi connectivity index (χ1) is 22.0. The van der Waals surface area contributed by atoms with Gasteiger partial charge in [0.25, 0.3) is 5.91 Å². The SMILES string of the molecule is O=C(OCCCC(O)[C@@H]1CN(C(=O)c2cccc3ccccc23)CC1CN1CCC(c2ccc(F)cc2)CC1)c1ccccc1. The molecule has 4 aromatic rings. The minimum Gasteiger partial charge on any atom is -0.462 e. The first-order valence-electron chi connectivity index (χ1n) is 16.1. The molecule has 1 N–H and O–H groups in total. The van der Waals surface area contributed by atoms with Gasteiger partial charge in [-0.3, -0.25) is 4.79 Å². The molecule has 6 nitrogen and oxygen atoms in total.